The Morgan fingerprint density at radius 2 is 2.00 bits per heavy atom. The second kappa shape index (κ2) is 6.03. The second-order valence-electron chi connectivity index (χ2n) is 3.17. The molecule has 1 rings (SSSR count). The van der Waals surface area contributed by atoms with E-state index in [-0.39, 0.29) is 22.0 Å². The van der Waals surface area contributed by atoms with Crippen molar-refractivity contribution in [2.45, 2.75) is 13.0 Å². The summed E-state index contributed by atoms with van der Waals surface area (Å²) >= 11 is 11.3. The van der Waals surface area contributed by atoms with Crippen molar-refractivity contribution in [3.8, 4) is 0 Å². The minimum absolute atomic E-state index is 0.152. The summed E-state index contributed by atoms with van der Waals surface area (Å²) in [5.74, 6) is -0.504. The quantitative estimate of drug-likeness (QED) is 0.619. The molecule has 0 aliphatic rings. The summed E-state index contributed by atoms with van der Waals surface area (Å²) in [6.07, 6.45) is -0.330. The highest BCUT2D eigenvalue weighted by molar-refractivity contribution is 6.32. The van der Waals surface area contributed by atoms with Gasteiger partial charge in [0.1, 0.15) is 16.4 Å². The summed E-state index contributed by atoms with van der Waals surface area (Å²) in [6.45, 7) is 2.06. The van der Waals surface area contributed by atoms with Crippen molar-refractivity contribution < 1.29 is 14.3 Å². The molecule has 1 unspecified atom stereocenters. The van der Waals surface area contributed by atoms with Gasteiger partial charge in [0, 0.05) is 7.11 Å². The van der Waals surface area contributed by atoms with E-state index >= 15 is 0 Å². The zero-order chi connectivity index (χ0) is 12.1. The van der Waals surface area contributed by atoms with Crippen LogP contribution in [0.15, 0.2) is 12.1 Å². The summed E-state index contributed by atoms with van der Waals surface area (Å²) in [4.78, 5) is 15.3. The van der Waals surface area contributed by atoms with Crippen molar-refractivity contribution in [1.29, 1.82) is 0 Å². The number of ether oxygens (including phenoxy) is 2. The fourth-order valence-electron chi connectivity index (χ4n) is 1.10. The van der Waals surface area contributed by atoms with Crippen LogP contribution in [0.1, 0.15) is 17.3 Å². The SMILES string of the molecule is COCC(C)OC(=O)c1cc(Cl)nc(Cl)c1. The predicted molar refractivity (Wildman–Crippen MR) is 61.0 cm³/mol. The van der Waals surface area contributed by atoms with Crippen molar-refractivity contribution in [3.63, 3.8) is 0 Å². The molecule has 6 heteroatoms. The summed E-state index contributed by atoms with van der Waals surface area (Å²) in [6, 6.07) is 2.80. The standard InChI is InChI=1S/C10H11Cl2NO3/c1-6(5-15-2)16-10(14)7-3-8(11)13-9(12)4-7/h3-4,6H,5H2,1-2H3. The van der Waals surface area contributed by atoms with Gasteiger partial charge >= 0.3 is 5.97 Å². The molecule has 0 radical (unpaired) electrons. The molecule has 1 atom stereocenters. The molecule has 0 N–H and O–H groups in total. The van der Waals surface area contributed by atoms with Crippen LogP contribution in [0.5, 0.6) is 0 Å². The van der Waals surface area contributed by atoms with E-state index in [4.69, 9.17) is 32.7 Å². The number of carbonyl (C=O) groups is 1. The molecule has 16 heavy (non-hydrogen) atoms. The number of hydrogen-bond acceptors (Lipinski definition) is 4. The van der Waals surface area contributed by atoms with Gasteiger partial charge in [-0.15, -0.1) is 0 Å². The maximum atomic E-state index is 11.6. The highest BCUT2D eigenvalue weighted by atomic mass is 35.5. The average molecular weight is 264 g/mol. The lowest BCUT2D eigenvalue weighted by atomic mass is 10.3. The number of carbonyl (C=O) groups excluding carboxylic acids is 1. The summed E-state index contributed by atoms with van der Waals surface area (Å²) in [5, 5.41) is 0.303. The van der Waals surface area contributed by atoms with Crippen LogP contribution in [-0.4, -0.2) is 30.8 Å². The van der Waals surface area contributed by atoms with Crippen molar-refractivity contribution in [3.05, 3.63) is 28.0 Å². The van der Waals surface area contributed by atoms with Crippen LogP contribution in [0, 0.1) is 0 Å². The van der Waals surface area contributed by atoms with E-state index in [1.54, 1.807) is 6.92 Å². The largest absolute Gasteiger partial charge is 0.457 e. The first-order valence-electron chi connectivity index (χ1n) is 4.56. The normalized spacial score (nSPS) is 12.2. The number of nitrogens with zero attached hydrogens (tertiary/aromatic N) is 1. The van der Waals surface area contributed by atoms with Crippen LogP contribution in [0.25, 0.3) is 0 Å². The van der Waals surface area contributed by atoms with Gasteiger partial charge in [-0.2, -0.15) is 0 Å². The minimum Gasteiger partial charge on any atom is -0.457 e. The molecule has 4 nitrogen and oxygen atoms in total. The van der Waals surface area contributed by atoms with E-state index in [0.717, 1.165) is 0 Å². The molecule has 0 saturated carbocycles. The third kappa shape index (κ3) is 3.96. The predicted octanol–water partition coefficient (Wildman–Crippen LogP) is 2.58. The first-order valence-corrected chi connectivity index (χ1v) is 5.31. The van der Waals surface area contributed by atoms with Crippen LogP contribution in [0.2, 0.25) is 10.3 Å². The van der Waals surface area contributed by atoms with Crippen LogP contribution >= 0.6 is 23.2 Å². The molecule has 0 bridgehead atoms. The van der Waals surface area contributed by atoms with E-state index in [1.807, 2.05) is 0 Å². The zero-order valence-electron chi connectivity index (χ0n) is 8.87. The monoisotopic (exact) mass is 263 g/mol. The van der Waals surface area contributed by atoms with Crippen molar-refractivity contribution in [2.75, 3.05) is 13.7 Å². The van der Waals surface area contributed by atoms with Crippen molar-refractivity contribution in [1.82, 2.24) is 4.98 Å². The number of aromatic nitrogens is 1. The molecule has 1 heterocycles. The molecule has 0 aromatic carbocycles. The van der Waals surface area contributed by atoms with Gasteiger partial charge in [0.25, 0.3) is 0 Å². The van der Waals surface area contributed by atoms with E-state index in [0.29, 0.717) is 6.61 Å². The van der Waals surface area contributed by atoms with E-state index in [2.05, 4.69) is 4.98 Å². The van der Waals surface area contributed by atoms with Gasteiger partial charge in [0.05, 0.1) is 12.2 Å². The van der Waals surface area contributed by atoms with Crippen LogP contribution < -0.4 is 0 Å². The van der Waals surface area contributed by atoms with Gasteiger partial charge in [-0.1, -0.05) is 23.2 Å². The van der Waals surface area contributed by atoms with E-state index < -0.39 is 5.97 Å². The number of pyridine rings is 1. The lowest BCUT2D eigenvalue weighted by Crippen LogP contribution is -2.19. The number of esters is 1. The van der Waals surface area contributed by atoms with Gasteiger partial charge in [-0.3, -0.25) is 0 Å². The maximum Gasteiger partial charge on any atom is 0.338 e. The highest BCUT2D eigenvalue weighted by Crippen LogP contribution is 2.15. The Kier molecular flexibility index (Phi) is 4.99. The van der Waals surface area contributed by atoms with Gasteiger partial charge < -0.3 is 9.47 Å². The van der Waals surface area contributed by atoms with E-state index in [1.165, 1.54) is 19.2 Å². The highest BCUT2D eigenvalue weighted by Gasteiger charge is 2.13. The molecule has 1 aromatic rings. The van der Waals surface area contributed by atoms with Crippen molar-refractivity contribution in [2.24, 2.45) is 0 Å². The fourth-order valence-corrected chi connectivity index (χ4v) is 1.56. The Hall–Kier alpha value is -0.840. The maximum absolute atomic E-state index is 11.6. The van der Waals surface area contributed by atoms with Crippen LogP contribution in [0.4, 0.5) is 0 Å². The molecule has 0 saturated heterocycles. The van der Waals surface area contributed by atoms with Gasteiger partial charge in [-0.05, 0) is 19.1 Å². The van der Waals surface area contributed by atoms with Crippen LogP contribution in [-0.2, 0) is 9.47 Å². The third-order valence-electron chi connectivity index (χ3n) is 1.71. The minimum atomic E-state index is -0.504. The Morgan fingerprint density at radius 3 is 2.50 bits per heavy atom. The smallest absolute Gasteiger partial charge is 0.338 e. The number of halogens is 2. The Morgan fingerprint density at radius 1 is 1.44 bits per heavy atom. The Balaban J connectivity index is 2.72. The average Bonchev–Trinajstić information content (AvgIpc) is 2.16. The van der Waals surface area contributed by atoms with Crippen LogP contribution in [0.3, 0.4) is 0 Å². The Labute approximate surface area is 103 Å². The molecule has 0 aliphatic heterocycles. The molecule has 0 amide bonds. The number of methoxy groups -OCH3 is 1. The number of hydrogen-bond donors (Lipinski definition) is 0. The second-order valence-corrected chi connectivity index (χ2v) is 3.95. The fraction of sp³-hybridized carbons (Fsp3) is 0.400. The molecule has 1 aromatic heterocycles. The first-order chi connectivity index (χ1) is 7.52. The molecular weight excluding hydrogens is 253 g/mol. The summed E-state index contributed by atoms with van der Waals surface area (Å²) in [7, 11) is 1.53. The number of rotatable bonds is 4. The third-order valence-corrected chi connectivity index (χ3v) is 2.10. The molecular formula is C10H11Cl2NO3. The van der Waals surface area contributed by atoms with Crippen molar-refractivity contribution >= 4 is 29.2 Å². The molecule has 0 aliphatic carbocycles. The lowest BCUT2D eigenvalue weighted by Gasteiger charge is -2.12. The summed E-state index contributed by atoms with van der Waals surface area (Å²) < 4.78 is 9.92. The van der Waals surface area contributed by atoms with Gasteiger partial charge in [0.15, 0.2) is 0 Å². The van der Waals surface area contributed by atoms with Gasteiger partial charge in [0.2, 0.25) is 0 Å². The first kappa shape index (κ1) is 13.2. The topological polar surface area (TPSA) is 48.4 Å². The van der Waals surface area contributed by atoms with E-state index in [9.17, 15) is 4.79 Å². The molecule has 0 fully saturated rings. The Bertz CT molecular complexity index is 364. The molecule has 88 valence electrons. The zero-order valence-corrected chi connectivity index (χ0v) is 10.4. The molecule has 0 spiro atoms. The lowest BCUT2D eigenvalue weighted by molar-refractivity contribution is 0.0120. The van der Waals surface area contributed by atoms with Gasteiger partial charge in [-0.25, -0.2) is 9.78 Å². The summed E-state index contributed by atoms with van der Waals surface area (Å²) in [5.41, 5.74) is 0.271.